The van der Waals surface area contributed by atoms with Gasteiger partial charge < -0.3 is 14.5 Å². The van der Waals surface area contributed by atoms with Gasteiger partial charge >= 0.3 is 16.4 Å². The third-order valence-electron chi connectivity index (χ3n) is 6.10. The second-order valence-electron chi connectivity index (χ2n) is 8.28. The Kier molecular flexibility index (Phi) is 5.45. The third-order valence-corrected chi connectivity index (χ3v) is 7.26. The van der Waals surface area contributed by atoms with Crippen LogP contribution < -0.4 is 4.90 Å². The molecule has 2 heterocycles. The van der Waals surface area contributed by atoms with E-state index >= 15 is 0 Å². The first kappa shape index (κ1) is 25.2. The van der Waals surface area contributed by atoms with Crippen LogP contribution in [0, 0.1) is 0 Å². The highest BCUT2D eigenvalue weighted by atomic mass is 32.5. The maximum Gasteiger partial charge on any atom is 0.398 e. The van der Waals surface area contributed by atoms with Crippen molar-refractivity contribution in [1.82, 2.24) is 10.1 Å². The van der Waals surface area contributed by atoms with Crippen molar-refractivity contribution in [2.45, 2.75) is 35.9 Å². The highest BCUT2D eigenvalue weighted by Crippen LogP contribution is 3.02. The van der Waals surface area contributed by atoms with Gasteiger partial charge in [0, 0.05) is 24.3 Å². The zero-order valence-corrected chi connectivity index (χ0v) is 18.6. The fourth-order valence-corrected chi connectivity index (χ4v) is 4.81. The third kappa shape index (κ3) is 4.94. The molecule has 5 nitrogen and oxygen atoms in total. The quantitative estimate of drug-likeness (QED) is 0.361. The van der Waals surface area contributed by atoms with Crippen molar-refractivity contribution in [3.05, 3.63) is 59.9 Å². The van der Waals surface area contributed by atoms with E-state index in [0.717, 1.165) is 0 Å². The van der Waals surface area contributed by atoms with Crippen molar-refractivity contribution in [3.63, 3.8) is 0 Å². The van der Waals surface area contributed by atoms with E-state index in [1.165, 1.54) is 0 Å². The van der Waals surface area contributed by atoms with Crippen molar-refractivity contribution in [2.75, 3.05) is 18.0 Å². The van der Waals surface area contributed by atoms with Crippen molar-refractivity contribution in [3.8, 4) is 11.5 Å². The van der Waals surface area contributed by atoms with Crippen molar-refractivity contribution in [2.24, 2.45) is 0 Å². The number of hydrogen-bond donors (Lipinski definition) is 1. The van der Waals surface area contributed by atoms with Gasteiger partial charge in [0.15, 0.2) is 5.82 Å². The Morgan fingerprint density at radius 1 is 0.914 bits per heavy atom. The first-order valence-electron chi connectivity index (χ1n) is 10.2. The summed E-state index contributed by atoms with van der Waals surface area (Å²) < 4.78 is 112. The van der Waals surface area contributed by atoms with Crippen LogP contribution in [0.25, 0.3) is 11.5 Å². The number of hydrogen-bond acceptors (Lipinski definition) is 5. The van der Waals surface area contributed by atoms with Crippen LogP contribution in [0.5, 0.6) is 0 Å². The SMILES string of the molecule is OCc1noc(-c2ccc(N3CCC(c4ccc(S(F)(F)(F)(F)F)cc4)(C(F)(F)F)CC3)cc2)n1. The molecule has 0 aliphatic carbocycles. The molecule has 1 N–H and O–H groups in total. The summed E-state index contributed by atoms with van der Waals surface area (Å²) >= 11 is 0. The number of aliphatic hydroxyl groups excluding tert-OH is 1. The largest absolute Gasteiger partial charge is 0.398 e. The maximum absolute atomic E-state index is 14.1. The summed E-state index contributed by atoms with van der Waals surface area (Å²) in [5.74, 6) is 0.252. The molecule has 1 saturated heterocycles. The average Bonchev–Trinajstić information content (AvgIpc) is 3.27. The van der Waals surface area contributed by atoms with E-state index in [4.69, 9.17) is 9.63 Å². The predicted octanol–water partition coefficient (Wildman–Crippen LogP) is 6.99. The van der Waals surface area contributed by atoms with Gasteiger partial charge in [0.2, 0.25) is 0 Å². The molecule has 0 saturated carbocycles. The molecule has 0 amide bonds. The number of benzene rings is 2. The average molecular weight is 529 g/mol. The zero-order valence-electron chi connectivity index (χ0n) is 17.8. The number of halogens is 8. The van der Waals surface area contributed by atoms with Crippen LogP contribution in [0.3, 0.4) is 0 Å². The number of nitrogens with zero attached hydrogens (tertiary/aromatic N) is 3. The van der Waals surface area contributed by atoms with Gasteiger partial charge in [-0.1, -0.05) is 36.7 Å². The fraction of sp³-hybridized carbons (Fsp3) is 0.333. The van der Waals surface area contributed by atoms with Crippen LogP contribution in [0.15, 0.2) is 57.9 Å². The molecule has 0 bridgehead atoms. The number of piperidine rings is 1. The first-order valence-corrected chi connectivity index (χ1v) is 12.2. The molecule has 4 rings (SSSR count). The molecular weight excluding hydrogens is 510 g/mol. The topological polar surface area (TPSA) is 62.4 Å². The van der Waals surface area contributed by atoms with Crippen LogP contribution in [0.1, 0.15) is 24.2 Å². The predicted molar refractivity (Wildman–Crippen MR) is 113 cm³/mol. The maximum atomic E-state index is 14.1. The summed E-state index contributed by atoms with van der Waals surface area (Å²) in [6, 6.07) is 7.56. The summed E-state index contributed by atoms with van der Waals surface area (Å²) in [6.07, 6.45) is -5.75. The minimum absolute atomic E-state index is 0.0230. The molecule has 0 unspecified atom stereocenters. The number of rotatable bonds is 5. The van der Waals surface area contributed by atoms with Gasteiger partial charge in [0.05, 0.1) is 5.41 Å². The minimum atomic E-state index is -9.99. The number of aliphatic hydroxyl groups is 1. The molecule has 1 aliphatic rings. The Morgan fingerprint density at radius 2 is 1.49 bits per heavy atom. The normalized spacial score (nSPS) is 18.7. The standard InChI is InChI=1S/C21H19F8N3O2S/c22-21(23,24)20(15-3-7-17(8-4-15)35(25,26,27,28)29)9-11-32(12-10-20)16-5-1-14(2-6-16)19-30-18(13-33)31-34-19/h1-8,33H,9-13H2. The second-order valence-corrected chi connectivity index (χ2v) is 10.7. The smallest absolute Gasteiger partial charge is 0.388 e. The molecule has 35 heavy (non-hydrogen) atoms. The molecule has 3 aromatic rings. The summed E-state index contributed by atoms with van der Waals surface area (Å²) in [6.45, 7) is -0.548. The van der Waals surface area contributed by atoms with Gasteiger partial charge in [-0.15, -0.1) is 0 Å². The number of anilines is 1. The highest BCUT2D eigenvalue weighted by Gasteiger charge is 2.65. The monoisotopic (exact) mass is 529 g/mol. The lowest BCUT2D eigenvalue weighted by molar-refractivity contribution is -0.196. The van der Waals surface area contributed by atoms with E-state index in [-0.39, 0.29) is 36.9 Å². The Bertz CT molecular complexity index is 1200. The number of aromatic nitrogens is 2. The Hall–Kier alpha value is -2.87. The molecule has 2 aromatic carbocycles. The molecule has 0 atom stereocenters. The molecule has 1 aromatic heterocycles. The van der Waals surface area contributed by atoms with Gasteiger partial charge in [-0.25, -0.2) is 0 Å². The summed E-state index contributed by atoms with van der Waals surface area (Å²) in [7, 11) is -9.99. The van der Waals surface area contributed by atoms with Gasteiger partial charge in [-0.2, -0.15) is 18.2 Å². The number of alkyl halides is 3. The molecule has 14 heteroatoms. The summed E-state index contributed by atoms with van der Waals surface area (Å²) in [5, 5.41) is 12.6. The van der Waals surface area contributed by atoms with Crippen molar-refractivity contribution < 1.29 is 42.2 Å². The van der Waals surface area contributed by atoms with Crippen LogP contribution in [0.2, 0.25) is 0 Å². The van der Waals surface area contributed by atoms with Gasteiger partial charge in [0.1, 0.15) is 11.5 Å². The van der Waals surface area contributed by atoms with Crippen LogP contribution in [0.4, 0.5) is 38.3 Å². The fourth-order valence-electron chi connectivity index (χ4n) is 4.16. The van der Waals surface area contributed by atoms with Crippen LogP contribution in [-0.2, 0) is 12.0 Å². The van der Waals surface area contributed by atoms with E-state index < -0.39 is 51.7 Å². The molecule has 1 fully saturated rings. The Balaban J connectivity index is 1.55. The zero-order chi connectivity index (χ0) is 25.8. The summed E-state index contributed by atoms with van der Waals surface area (Å²) in [5.41, 5.74) is -1.82. The van der Waals surface area contributed by atoms with Crippen LogP contribution in [-0.4, -0.2) is 34.5 Å². The van der Waals surface area contributed by atoms with E-state index in [2.05, 4.69) is 10.1 Å². The Labute approximate surface area is 194 Å². The lowest BCUT2D eigenvalue weighted by Crippen LogP contribution is -2.51. The van der Waals surface area contributed by atoms with Crippen LogP contribution >= 0.6 is 10.2 Å². The molecule has 1 aliphatic heterocycles. The molecule has 192 valence electrons. The molecule has 0 spiro atoms. The lowest BCUT2D eigenvalue weighted by Gasteiger charge is -2.44. The Morgan fingerprint density at radius 3 is 1.94 bits per heavy atom. The van der Waals surface area contributed by atoms with E-state index in [9.17, 15) is 32.6 Å². The first-order chi connectivity index (χ1) is 16.0. The van der Waals surface area contributed by atoms with Gasteiger partial charge in [0.25, 0.3) is 5.89 Å². The molecular formula is C21H19F8N3O2S. The minimum Gasteiger partial charge on any atom is -0.388 e. The van der Waals surface area contributed by atoms with Gasteiger partial charge in [-0.3, -0.25) is 0 Å². The van der Waals surface area contributed by atoms with E-state index in [1.807, 2.05) is 0 Å². The van der Waals surface area contributed by atoms with E-state index in [0.29, 0.717) is 23.4 Å². The van der Waals surface area contributed by atoms with Crippen molar-refractivity contribution >= 4 is 15.9 Å². The molecule has 0 radical (unpaired) electrons. The van der Waals surface area contributed by atoms with Gasteiger partial charge in [-0.05, 0) is 54.8 Å². The summed E-state index contributed by atoms with van der Waals surface area (Å²) in [4.78, 5) is 3.43. The second kappa shape index (κ2) is 7.56. The highest BCUT2D eigenvalue weighted by molar-refractivity contribution is 8.45. The van der Waals surface area contributed by atoms with Crippen molar-refractivity contribution in [1.29, 1.82) is 0 Å². The lowest BCUT2D eigenvalue weighted by atomic mass is 9.72. The van der Waals surface area contributed by atoms with E-state index in [1.54, 1.807) is 29.2 Å².